The van der Waals surface area contributed by atoms with Crippen LogP contribution in [0.15, 0.2) is 24.5 Å². The van der Waals surface area contributed by atoms with E-state index in [1.165, 1.54) is 0 Å². The van der Waals surface area contributed by atoms with Gasteiger partial charge in [0.15, 0.2) is 17.0 Å². The van der Waals surface area contributed by atoms with E-state index in [1.807, 2.05) is 11.5 Å². The molecule has 4 N–H and O–H groups in total. The molecule has 0 saturated heterocycles. The molecule has 0 aliphatic carbocycles. The van der Waals surface area contributed by atoms with Gasteiger partial charge in [-0.1, -0.05) is 30.7 Å². The zero-order valence-electron chi connectivity index (χ0n) is 17.0. The van der Waals surface area contributed by atoms with Crippen LogP contribution in [0.3, 0.4) is 0 Å². The zero-order chi connectivity index (χ0) is 21.1. The minimum absolute atomic E-state index is 0.0400. The maximum atomic E-state index is 10.2. The Morgan fingerprint density at radius 2 is 1.97 bits per heavy atom. The van der Waals surface area contributed by atoms with Gasteiger partial charge in [0.1, 0.15) is 5.75 Å². The van der Waals surface area contributed by atoms with E-state index in [9.17, 15) is 10.2 Å². The SMILES string of the molecule is CCC(Nc1nc(NCc2cccc(Cl)c2O)c2ncn(C(C)C)c2n1)C(C)O. The fourth-order valence-electron chi connectivity index (χ4n) is 3.09. The van der Waals surface area contributed by atoms with Crippen LogP contribution >= 0.6 is 11.6 Å². The van der Waals surface area contributed by atoms with Crippen molar-refractivity contribution in [1.29, 1.82) is 0 Å². The van der Waals surface area contributed by atoms with Gasteiger partial charge < -0.3 is 25.4 Å². The third-order valence-corrected chi connectivity index (χ3v) is 5.14. The number of anilines is 2. The number of halogens is 1. The lowest BCUT2D eigenvalue weighted by molar-refractivity contribution is 0.169. The molecule has 29 heavy (non-hydrogen) atoms. The van der Waals surface area contributed by atoms with Crippen molar-refractivity contribution in [1.82, 2.24) is 19.5 Å². The van der Waals surface area contributed by atoms with E-state index in [4.69, 9.17) is 11.6 Å². The number of aliphatic hydroxyl groups is 1. The van der Waals surface area contributed by atoms with Crippen LogP contribution in [-0.2, 0) is 6.54 Å². The number of aromatic hydroxyl groups is 1. The predicted molar refractivity (Wildman–Crippen MR) is 116 cm³/mol. The number of nitrogens with zero attached hydrogens (tertiary/aromatic N) is 4. The number of benzene rings is 1. The number of fused-ring (bicyclic) bond motifs is 1. The summed E-state index contributed by atoms with van der Waals surface area (Å²) in [5.74, 6) is 0.986. The first kappa shape index (κ1) is 21.1. The first-order valence-corrected chi connectivity index (χ1v) is 10.1. The van der Waals surface area contributed by atoms with Gasteiger partial charge in [0, 0.05) is 18.2 Å². The van der Waals surface area contributed by atoms with Gasteiger partial charge in [-0.05, 0) is 33.3 Å². The van der Waals surface area contributed by atoms with Gasteiger partial charge in [-0.25, -0.2) is 4.98 Å². The van der Waals surface area contributed by atoms with Gasteiger partial charge in [0.25, 0.3) is 0 Å². The van der Waals surface area contributed by atoms with Crippen molar-refractivity contribution in [2.75, 3.05) is 10.6 Å². The number of rotatable bonds is 8. The van der Waals surface area contributed by atoms with Gasteiger partial charge >= 0.3 is 0 Å². The minimum Gasteiger partial charge on any atom is -0.506 e. The van der Waals surface area contributed by atoms with Crippen molar-refractivity contribution < 1.29 is 10.2 Å². The standard InChI is InChI=1S/C20H27ClN6O2/c1-5-15(12(4)28)24-20-25-18(16-19(26-20)27(10-23-16)11(2)3)22-9-13-7-6-8-14(21)17(13)29/h6-8,10-12,15,28-29H,5,9H2,1-4H3,(H2,22,24,25,26). The van der Waals surface area contributed by atoms with Crippen molar-refractivity contribution in [2.45, 2.75) is 58.8 Å². The van der Waals surface area contributed by atoms with Crippen molar-refractivity contribution in [3.63, 3.8) is 0 Å². The van der Waals surface area contributed by atoms with Gasteiger partial charge in [0.2, 0.25) is 5.95 Å². The summed E-state index contributed by atoms with van der Waals surface area (Å²) in [5, 5.41) is 26.9. The second-order valence-electron chi connectivity index (χ2n) is 7.31. The Hall–Kier alpha value is -2.58. The summed E-state index contributed by atoms with van der Waals surface area (Å²) in [6, 6.07) is 5.21. The van der Waals surface area contributed by atoms with Crippen LogP contribution in [0.1, 0.15) is 45.7 Å². The van der Waals surface area contributed by atoms with Gasteiger partial charge in [-0.2, -0.15) is 9.97 Å². The molecule has 9 heteroatoms. The number of imidazole rings is 1. The lowest BCUT2D eigenvalue weighted by Gasteiger charge is -2.20. The van der Waals surface area contributed by atoms with E-state index in [-0.39, 0.29) is 17.8 Å². The smallest absolute Gasteiger partial charge is 0.227 e. The Labute approximate surface area is 175 Å². The second kappa shape index (κ2) is 8.84. The van der Waals surface area contributed by atoms with Crippen molar-refractivity contribution in [3.8, 4) is 5.75 Å². The molecule has 3 aromatic rings. The molecule has 2 heterocycles. The van der Waals surface area contributed by atoms with E-state index in [0.717, 1.165) is 6.42 Å². The molecule has 2 unspecified atom stereocenters. The molecule has 2 aromatic heterocycles. The van der Waals surface area contributed by atoms with Gasteiger partial charge in [-0.15, -0.1) is 0 Å². The van der Waals surface area contributed by atoms with E-state index in [0.29, 0.717) is 40.1 Å². The molecule has 0 radical (unpaired) electrons. The van der Waals surface area contributed by atoms with Gasteiger partial charge in [0.05, 0.1) is 23.5 Å². The molecular formula is C20H27ClN6O2. The number of aromatic nitrogens is 4. The van der Waals surface area contributed by atoms with Crippen LogP contribution < -0.4 is 10.6 Å². The monoisotopic (exact) mass is 418 g/mol. The summed E-state index contributed by atoms with van der Waals surface area (Å²) in [5.41, 5.74) is 1.98. The van der Waals surface area contributed by atoms with Crippen LogP contribution in [-0.4, -0.2) is 41.9 Å². The predicted octanol–water partition coefficient (Wildman–Crippen LogP) is 3.95. The maximum absolute atomic E-state index is 10.2. The molecule has 0 aliphatic heterocycles. The summed E-state index contributed by atoms with van der Waals surface area (Å²) >= 11 is 6.00. The Morgan fingerprint density at radius 3 is 2.62 bits per heavy atom. The number of hydrogen-bond acceptors (Lipinski definition) is 7. The molecule has 1 aromatic carbocycles. The fraction of sp³-hybridized carbons (Fsp3) is 0.450. The van der Waals surface area contributed by atoms with Crippen molar-refractivity contribution in [2.24, 2.45) is 0 Å². The number of phenolic OH excluding ortho intramolecular Hbond substituents is 1. The normalized spacial score (nSPS) is 13.6. The molecule has 0 aliphatic rings. The molecule has 2 atom stereocenters. The van der Waals surface area contributed by atoms with Crippen molar-refractivity contribution >= 4 is 34.5 Å². The molecule has 3 rings (SSSR count). The number of aliphatic hydroxyl groups excluding tert-OH is 1. The average Bonchev–Trinajstić information content (AvgIpc) is 3.11. The van der Waals surface area contributed by atoms with Crippen LogP contribution in [0.5, 0.6) is 5.75 Å². The topological polar surface area (TPSA) is 108 Å². The summed E-state index contributed by atoms with van der Waals surface area (Å²) in [6.07, 6.45) is 1.91. The highest BCUT2D eigenvalue weighted by Gasteiger charge is 2.19. The Kier molecular flexibility index (Phi) is 6.44. The Bertz CT molecular complexity index is 989. The summed E-state index contributed by atoms with van der Waals surface area (Å²) in [6.45, 7) is 8.15. The van der Waals surface area contributed by atoms with Crippen LogP contribution in [0.25, 0.3) is 11.2 Å². The van der Waals surface area contributed by atoms with Crippen LogP contribution in [0, 0.1) is 0 Å². The molecular weight excluding hydrogens is 392 g/mol. The molecule has 0 bridgehead atoms. The number of phenols is 1. The first-order chi connectivity index (χ1) is 13.8. The van der Waals surface area contributed by atoms with E-state index >= 15 is 0 Å². The third-order valence-electron chi connectivity index (χ3n) is 4.83. The van der Waals surface area contributed by atoms with Crippen molar-refractivity contribution in [3.05, 3.63) is 35.1 Å². The summed E-state index contributed by atoms with van der Waals surface area (Å²) < 4.78 is 1.97. The second-order valence-corrected chi connectivity index (χ2v) is 7.72. The zero-order valence-corrected chi connectivity index (χ0v) is 17.8. The van der Waals surface area contributed by atoms with Crippen LogP contribution in [0.4, 0.5) is 11.8 Å². The highest BCUT2D eigenvalue weighted by atomic mass is 35.5. The number of para-hydroxylation sites is 1. The summed E-state index contributed by atoms with van der Waals surface area (Å²) in [7, 11) is 0. The number of nitrogens with one attached hydrogen (secondary N) is 2. The highest BCUT2D eigenvalue weighted by Crippen LogP contribution is 2.29. The molecule has 8 nitrogen and oxygen atoms in total. The number of hydrogen-bond donors (Lipinski definition) is 4. The molecule has 0 amide bonds. The lowest BCUT2D eigenvalue weighted by atomic mass is 10.1. The van der Waals surface area contributed by atoms with E-state index < -0.39 is 6.10 Å². The lowest BCUT2D eigenvalue weighted by Crippen LogP contribution is -2.31. The minimum atomic E-state index is -0.547. The third kappa shape index (κ3) is 4.54. The molecule has 0 spiro atoms. The maximum Gasteiger partial charge on any atom is 0.227 e. The Balaban J connectivity index is 1.98. The molecule has 0 saturated carbocycles. The quantitative estimate of drug-likeness (QED) is 0.438. The molecule has 156 valence electrons. The van der Waals surface area contributed by atoms with E-state index in [2.05, 4.69) is 39.4 Å². The molecule has 0 fully saturated rings. The average molecular weight is 419 g/mol. The fourth-order valence-corrected chi connectivity index (χ4v) is 3.29. The van der Waals surface area contributed by atoms with E-state index in [1.54, 1.807) is 31.5 Å². The first-order valence-electron chi connectivity index (χ1n) is 9.71. The Morgan fingerprint density at radius 1 is 1.21 bits per heavy atom. The van der Waals surface area contributed by atoms with Crippen LogP contribution in [0.2, 0.25) is 5.02 Å². The highest BCUT2D eigenvalue weighted by molar-refractivity contribution is 6.32. The van der Waals surface area contributed by atoms with Gasteiger partial charge in [-0.3, -0.25) is 0 Å². The largest absolute Gasteiger partial charge is 0.506 e. The summed E-state index contributed by atoms with van der Waals surface area (Å²) in [4.78, 5) is 13.7.